The monoisotopic (exact) mass is 249 g/mol. The fourth-order valence-electron chi connectivity index (χ4n) is 2.45. The van der Waals surface area contributed by atoms with Gasteiger partial charge in [0.1, 0.15) is 11.8 Å². The van der Waals surface area contributed by atoms with Crippen LogP contribution in [0.5, 0.6) is 5.75 Å². The molecule has 1 fully saturated rings. The van der Waals surface area contributed by atoms with Gasteiger partial charge in [0.25, 0.3) is 0 Å². The fourth-order valence-corrected chi connectivity index (χ4v) is 2.45. The largest absolute Gasteiger partial charge is 0.497 e. The first kappa shape index (κ1) is 12.9. The molecule has 1 aromatic carbocycles. The molecule has 0 spiro atoms. The Morgan fingerprint density at radius 1 is 1.44 bits per heavy atom. The molecule has 1 aromatic rings. The molecule has 1 saturated heterocycles. The molecule has 0 unspecified atom stereocenters. The van der Waals surface area contributed by atoms with Crippen LogP contribution in [0.2, 0.25) is 0 Å². The zero-order chi connectivity index (χ0) is 13.0. The van der Waals surface area contributed by atoms with Gasteiger partial charge in [0.05, 0.1) is 7.11 Å². The summed E-state index contributed by atoms with van der Waals surface area (Å²) < 4.78 is 5.16. The maximum Gasteiger partial charge on any atom is 0.321 e. The number of carboxylic acid groups (broad SMARTS) is 1. The van der Waals surface area contributed by atoms with Gasteiger partial charge in [-0.05, 0) is 50.0 Å². The maximum atomic E-state index is 11.4. The molecule has 1 aliphatic rings. The van der Waals surface area contributed by atoms with E-state index in [2.05, 4.69) is 4.90 Å². The summed E-state index contributed by atoms with van der Waals surface area (Å²) in [5.41, 5.74) is 1.01. The number of rotatable bonds is 5. The first-order valence-electron chi connectivity index (χ1n) is 6.30. The number of benzene rings is 1. The summed E-state index contributed by atoms with van der Waals surface area (Å²) >= 11 is 0. The van der Waals surface area contributed by atoms with Gasteiger partial charge in [-0.15, -0.1) is 0 Å². The Morgan fingerprint density at radius 3 is 2.78 bits per heavy atom. The summed E-state index contributed by atoms with van der Waals surface area (Å²) in [6.07, 6.45) is 2.73. The van der Waals surface area contributed by atoms with Crippen molar-refractivity contribution < 1.29 is 14.6 Å². The lowest BCUT2D eigenvalue weighted by Crippen LogP contribution is -2.40. The molecule has 0 bridgehead atoms. The molecule has 1 heterocycles. The van der Waals surface area contributed by atoms with Gasteiger partial charge in [0.15, 0.2) is 0 Å². The highest BCUT2D eigenvalue weighted by Gasteiger charge is 2.27. The van der Waals surface area contributed by atoms with E-state index in [1.54, 1.807) is 7.11 Å². The van der Waals surface area contributed by atoms with E-state index in [-0.39, 0.29) is 0 Å². The maximum absolute atomic E-state index is 11.4. The lowest BCUT2D eigenvalue weighted by atomic mass is 10.0. The highest BCUT2D eigenvalue weighted by atomic mass is 16.5. The third-order valence-electron chi connectivity index (χ3n) is 3.43. The van der Waals surface area contributed by atoms with Gasteiger partial charge in [-0.1, -0.05) is 12.1 Å². The number of methoxy groups -OCH3 is 1. The Bertz CT molecular complexity index is 413. The van der Waals surface area contributed by atoms with Crippen LogP contribution in [0.1, 0.15) is 18.4 Å². The summed E-state index contributed by atoms with van der Waals surface area (Å²) in [7, 11) is 1.62. The molecule has 18 heavy (non-hydrogen) atoms. The highest BCUT2D eigenvalue weighted by Crippen LogP contribution is 2.19. The topological polar surface area (TPSA) is 49.8 Å². The van der Waals surface area contributed by atoms with Crippen LogP contribution in [-0.4, -0.2) is 42.2 Å². The molecule has 1 N–H and O–H groups in total. The van der Waals surface area contributed by atoms with Gasteiger partial charge in [-0.25, -0.2) is 0 Å². The smallest absolute Gasteiger partial charge is 0.321 e. The number of aliphatic carboxylic acids is 1. The van der Waals surface area contributed by atoms with Crippen molar-refractivity contribution in [3.05, 3.63) is 29.8 Å². The number of nitrogens with zero attached hydrogens (tertiary/aromatic N) is 1. The summed E-state index contributed by atoms with van der Waals surface area (Å²) in [5, 5.41) is 9.35. The van der Waals surface area contributed by atoms with E-state index in [0.717, 1.165) is 37.2 Å². The fraction of sp³-hybridized carbons (Fsp3) is 0.500. The molecule has 1 atom stereocenters. The number of likely N-dealkylation sites (tertiary alicyclic amines) is 1. The minimum absolute atomic E-state index is 0.417. The molecule has 98 valence electrons. The Kier molecular flexibility index (Phi) is 4.20. The van der Waals surface area contributed by atoms with Crippen LogP contribution in [0.15, 0.2) is 24.3 Å². The van der Waals surface area contributed by atoms with Crippen molar-refractivity contribution in [2.24, 2.45) is 0 Å². The average molecular weight is 249 g/mol. The number of carbonyl (C=O) groups is 1. The second-order valence-electron chi connectivity index (χ2n) is 4.65. The van der Waals surface area contributed by atoms with Gasteiger partial charge in [-0.2, -0.15) is 0 Å². The first-order valence-corrected chi connectivity index (χ1v) is 6.30. The van der Waals surface area contributed by atoms with Gasteiger partial charge in [0.2, 0.25) is 0 Å². The number of ether oxygens (including phenoxy) is 1. The van der Waals surface area contributed by atoms with E-state index < -0.39 is 12.0 Å². The van der Waals surface area contributed by atoms with Gasteiger partial charge >= 0.3 is 5.97 Å². The second kappa shape index (κ2) is 5.87. The van der Waals surface area contributed by atoms with Crippen molar-refractivity contribution in [3.8, 4) is 5.75 Å². The number of hydrogen-bond acceptors (Lipinski definition) is 3. The zero-order valence-electron chi connectivity index (χ0n) is 10.6. The quantitative estimate of drug-likeness (QED) is 0.864. The molecule has 1 aliphatic heterocycles. The van der Waals surface area contributed by atoms with Crippen LogP contribution in [0.3, 0.4) is 0 Å². The Balaban J connectivity index is 2.10. The van der Waals surface area contributed by atoms with Crippen LogP contribution in [-0.2, 0) is 11.2 Å². The minimum Gasteiger partial charge on any atom is -0.497 e. The molecular weight excluding hydrogens is 230 g/mol. The average Bonchev–Trinajstić information content (AvgIpc) is 2.89. The van der Waals surface area contributed by atoms with E-state index in [9.17, 15) is 9.90 Å². The van der Waals surface area contributed by atoms with Crippen molar-refractivity contribution in [2.75, 3.05) is 20.2 Å². The second-order valence-corrected chi connectivity index (χ2v) is 4.65. The van der Waals surface area contributed by atoms with Crippen LogP contribution >= 0.6 is 0 Å². The van der Waals surface area contributed by atoms with E-state index in [1.165, 1.54) is 0 Å². The summed E-state index contributed by atoms with van der Waals surface area (Å²) in [4.78, 5) is 13.4. The Labute approximate surface area is 107 Å². The SMILES string of the molecule is COc1cccc(C[C@@H](C(=O)O)N2CCCC2)c1. The van der Waals surface area contributed by atoms with E-state index in [0.29, 0.717) is 6.42 Å². The molecule has 2 rings (SSSR count). The van der Waals surface area contributed by atoms with Gasteiger partial charge in [0, 0.05) is 0 Å². The van der Waals surface area contributed by atoms with Crippen LogP contribution < -0.4 is 4.74 Å². The molecule has 4 nitrogen and oxygen atoms in total. The van der Waals surface area contributed by atoms with Crippen molar-refractivity contribution in [1.82, 2.24) is 4.90 Å². The van der Waals surface area contributed by atoms with Crippen LogP contribution in [0, 0.1) is 0 Å². The molecule has 0 radical (unpaired) electrons. The standard InChI is InChI=1S/C14H19NO3/c1-18-12-6-4-5-11(9-12)10-13(14(16)17)15-7-2-3-8-15/h4-6,9,13H,2-3,7-8,10H2,1H3,(H,16,17)/t13-/m0/s1. The predicted molar refractivity (Wildman–Crippen MR) is 68.9 cm³/mol. The first-order chi connectivity index (χ1) is 8.70. The van der Waals surface area contributed by atoms with Crippen LogP contribution in [0.25, 0.3) is 0 Å². The van der Waals surface area contributed by atoms with Gasteiger partial charge < -0.3 is 9.84 Å². The van der Waals surface area contributed by atoms with E-state index >= 15 is 0 Å². The number of hydrogen-bond donors (Lipinski definition) is 1. The zero-order valence-corrected chi connectivity index (χ0v) is 10.6. The molecule has 4 heteroatoms. The van der Waals surface area contributed by atoms with Crippen molar-refractivity contribution in [2.45, 2.75) is 25.3 Å². The number of carboxylic acids is 1. The Hall–Kier alpha value is -1.55. The normalized spacial score (nSPS) is 17.6. The lowest BCUT2D eigenvalue weighted by Gasteiger charge is -2.23. The Morgan fingerprint density at radius 2 is 2.17 bits per heavy atom. The molecular formula is C14H19NO3. The molecule has 0 aliphatic carbocycles. The van der Waals surface area contributed by atoms with E-state index in [4.69, 9.17) is 4.74 Å². The third kappa shape index (κ3) is 3.01. The van der Waals surface area contributed by atoms with Crippen molar-refractivity contribution in [1.29, 1.82) is 0 Å². The minimum atomic E-state index is -0.736. The predicted octanol–water partition coefficient (Wildman–Crippen LogP) is 1.79. The lowest BCUT2D eigenvalue weighted by molar-refractivity contribution is -0.142. The molecule has 0 saturated carbocycles. The van der Waals surface area contributed by atoms with E-state index in [1.807, 2.05) is 24.3 Å². The highest BCUT2D eigenvalue weighted by molar-refractivity contribution is 5.74. The molecule has 0 amide bonds. The van der Waals surface area contributed by atoms with Crippen molar-refractivity contribution >= 4 is 5.97 Å². The van der Waals surface area contributed by atoms with Crippen LogP contribution in [0.4, 0.5) is 0 Å². The van der Waals surface area contributed by atoms with Gasteiger partial charge in [-0.3, -0.25) is 9.69 Å². The van der Waals surface area contributed by atoms with Crippen molar-refractivity contribution in [3.63, 3.8) is 0 Å². The summed E-state index contributed by atoms with van der Waals surface area (Å²) in [6.45, 7) is 1.78. The molecule has 0 aromatic heterocycles. The summed E-state index contributed by atoms with van der Waals surface area (Å²) in [5.74, 6) is 0.0396. The summed E-state index contributed by atoms with van der Waals surface area (Å²) in [6, 6.07) is 7.21. The third-order valence-corrected chi connectivity index (χ3v) is 3.43.